The molecule has 0 aliphatic carbocycles. The van der Waals surface area contributed by atoms with Crippen LogP contribution in [0.5, 0.6) is 0 Å². The Morgan fingerprint density at radius 1 is 0.439 bits per heavy atom. The van der Waals surface area contributed by atoms with Crippen molar-refractivity contribution in [3.8, 4) is 34.2 Å². The lowest BCUT2D eigenvalue weighted by Crippen LogP contribution is -2.30. The number of furan rings is 1. The van der Waals surface area contributed by atoms with Crippen molar-refractivity contribution in [3.05, 3.63) is 211 Å². The summed E-state index contributed by atoms with van der Waals surface area (Å²) in [7, 11) is 0. The van der Waals surface area contributed by atoms with Gasteiger partial charge in [-0.15, -0.1) is 0 Å². The SMILES string of the molecule is CC1(C)c2ccccc2N(c2cc(-c3nc4ccccc4n3-c3cccc4[nH]c5ccccc5c34)cc(-c3nc4ccccc4n3-c3cccc4oc5ccccc5c34)c2)c2ccccc21. The van der Waals surface area contributed by atoms with E-state index in [1.54, 1.807) is 0 Å². The van der Waals surface area contributed by atoms with Gasteiger partial charge in [-0.3, -0.25) is 9.13 Å². The number of nitrogens with zero attached hydrogens (tertiary/aromatic N) is 5. The monoisotopic (exact) mass is 848 g/mol. The van der Waals surface area contributed by atoms with E-state index >= 15 is 0 Å². The molecule has 9 aromatic carbocycles. The molecule has 0 unspecified atom stereocenters. The molecule has 0 saturated heterocycles. The van der Waals surface area contributed by atoms with Gasteiger partial charge in [0.2, 0.25) is 0 Å². The van der Waals surface area contributed by atoms with Gasteiger partial charge in [0, 0.05) is 49.4 Å². The molecule has 5 heterocycles. The number of hydrogen-bond acceptors (Lipinski definition) is 4. The van der Waals surface area contributed by atoms with Crippen LogP contribution in [0.3, 0.4) is 0 Å². The first kappa shape index (κ1) is 36.8. The maximum absolute atomic E-state index is 6.49. The third kappa shape index (κ3) is 5.19. The van der Waals surface area contributed by atoms with Gasteiger partial charge >= 0.3 is 0 Å². The van der Waals surface area contributed by atoms with E-state index in [0.717, 1.165) is 112 Å². The van der Waals surface area contributed by atoms with Crippen LogP contribution in [0, 0.1) is 0 Å². The van der Waals surface area contributed by atoms with Crippen LogP contribution in [0.4, 0.5) is 17.1 Å². The smallest absolute Gasteiger partial charge is 0.145 e. The summed E-state index contributed by atoms with van der Waals surface area (Å²) < 4.78 is 11.2. The van der Waals surface area contributed by atoms with Gasteiger partial charge < -0.3 is 14.3 Å². The molecule has 0 spiro atoms. The van der Waals surface area contributed by atoms with Crippen molar-refractivity contribution in [3.63, 3.8) is 0 Å². The summed E-state index contributed by atoms with van der Waals surface area (Å²) in [6.45, 7) is 4.67. The molecule has 13 aromatic rings. The second-order valence-electron chi connectivity index (χ2n) is 17.9. The van der Waals surface area contributed by atoms with Crippen molar-refractivity contribution in [2.45, 2.75) is 19.3 Å². The van der Waals surface area contributed by atoms with Crippen molar-refractivity contribution in [1.29, 1.82) is 0 Å². The van der Waals surface area contributed by atoms with E-state index in [1.807, 2.05) is 12.1 Å². The molecule has 7 heteroatoms. The lowest BCUT2D eigenvalue weighted by Gasteiger charge is -2.42. The molecule has 66 heavy (non-hydrogen) atoms. The van der Waals surface area contributed by atoms with Crippen molar-refractivity contribution in [2.75, 3.05) is 4.90 Å². The highest BCUT2D eigenvalue weighted by atomic mass is 16.3. The van der Waals surface area contributed by atoms with E-state index in [2.05, 4.69) is 221 Å². The van der Waals surface area contributed by atoms with E-state index in [1.165, 1.54) is 16.5 Å². The predicted molar refractivity (Wildman–Crippen MR) is 270 cm³/mol. The minimum absolute atomic E-state index is 0.226. The lowest BCUT2D eigenvalue weighted by molar-refractivity contribution is 0.632. The maximum atomic E-state index is 6.49. The molecular formula is C59H40N6O. The number of fused-ring (bicyclic) bond motifs is 10. The van der Waals surface area contributed by atoms with Crippen LogP contribution in [0.25, 0.3) is 100.0 Å². The Balaban J connectivity index is 1.11. The van der Waals surface area contributed by atoms with Crippen LogP contribution in [0.15, 0.2) is 205 Å². The summed E-state index contributed by atoms with van der Waals surface area (Å²) in [4.78, 5) is 17.2. The predicted octanol–water partition coefficient (Wildman–Crippen LogP) is 15.3. The van der Waals surface area contributed by atoms with Crippen LogP contribution in [0.2, 0.25) is 0 Å². The van der Waals surface area contributed by atoms with Crippen LogP contribution in [-0.4, -0.2) is 24.1 Å². The number of anilines is 3. The second-order valence-corrected chi connectivity index (χ2v) is 17.9. The second kappa shape index (κ2) is 13.7. The summed E-state index contributed by atoms with van der Waals surface area (Å²) in [5.74, 6) is 1.65. The minimum atomic E-state index is -0.226. The number of para-hydroxylation sites is 8. The van der Waals surface area contributed by atoms with Crippen molar-refractivity contribution in [1.82, 2.24) is 24.1 Å². The largest absolute Gasteiger partial charge is 0.456 e. The zero-order valence-corrected chi connectivity index (χ0v) is 36.2. The average Bonchev–Trinajstić information content (AvgIpc) is 4.14. The molecule has 4 aromatic heterocycles. The zero-order chi connectivity index (χ0) is 43.7. The third-order valence-electron chi connectivity index (χ3n) is 13.8. The van der Waals surface area contributed by atoms with Gasteiger partial charge in [-0.25, -0.2) is 9.97 Å². The van der Waals surface area contributed by atoms with Gasteiger partial charge in [0.05, 0.1) is 50.2 Å². The van der Waals surface area contributed by atoms with Crippen molar-refractivity contribution >= 4 is 82.9 Å². The summed E-state index contributed by atoms with van der Waals surface area (Å²) >= 11 is 0. The summed E-state index contributed by atoms with van der Waals surface area (Å²) in [6.07, 6.45) is 0. The highest BCUT2D eigenvalue weighted by molar-refractivity contribution is 6.13. The fraction of sp³-hybridized carbons (Fsp3) is 0.0508. The number of aromatic nitrogens is 5. The molecule has 0 fully saturated rings. The zero-order valence-electron chi connectivity index (χ0n) is 36.2. The highest BCUT2D eigenvalue weighted by Gasteiger charge is 2.37. The van der Waals surface area contributed by atoms with Crippen molar-refractivity contribution < 1.29 is 4.42 Å². The molecule has 0 radical (unpaired) electrons. The topological polar surface area (TPSA) is 67.8 Å². The number of rotatable bonds is 5. The normalized spacial score (nSPS) is 13.4. The first-order valence-electron chi connectivity index (χ1n) is 22.5. The molecule has 14 rings (SSSR count). The number of benzene rings is 9. The molecule has 0 bridgehead atoms. The van der Waals surface area contributed by atoms with Gasteiger partial charge in [-0.1, -0.05) is 123 Å². The summed E-state index contributed by atoms with van der Waals surface area (Å²) in [5, 5.41) is 4.42. The van der Waals surface area contributed by atoms with Crippen LogP contribution in [-0.2, 0) is 5.41 Å². The summed E-state index contributed by atoms with van der Waals surface area (Å²) in [5.41, 5.74) is 17.3. The number of H-pyrrole nitrogens is 1. The standard InChI is InChI=1S/C59H40N6O/c1-59(2)41-19-5-10-25-47(41)63(48-26-11-6-20-42(48)59)38-34-36(57-61-44-22-8-12-27-49(44)64(57)51-29-15-24-46-55(51)39-17-3-7-21-43(39)60-46)33-37(35-38)58-62-45-23-9-13-28-50(45)65(58)52-30-16-32-54-56(52)40-18-4-14-31-53(40)66-54/h3-35,60H,1-2H3. The molecule has 0 atom stereocenters. The fourth-order valence-electron chi connectivity index (χ4n) is 10.9. The van der Waals surface area contributed by atoms with E-state index < -0.39 is 0 Å². The Labute approximate surface area is 379 Å². The van der Waals surface area contributed by atoms with Gasteiger partial charge in [-0.2, -0.15) is 0 Å². The molecule has 1 N–H and O–H groups in total. The van der Waals surface area contributed by atoms with E-state index in [4.69, 9.17) is 14.4 Å². The van der Waals surface area contributed by atoms with Gasteiger partial charge in [0.1, 0.15) is 22.8 Å². The first-order valence-corrected chi connectivity index (χ1v) is 22.5. The molecule has 312 valence electrons. The van der Waals surface area contributed by atoms with E-state index in [9.17, 15) is 0 Å². The molecule has 1 aliphatic rings. The third-order valence-corrected chi connectivity index (χ3v) is 13.8. The molecule has 1 aliphatic heterocycles. The van der Waals surface area contributed by atoms with Crippen molar-refractivity contribution in [2.24, 2.45) is 0 Å². The Morgan fingerprint density at radius 3 is 1.62 bits per heavy atom. The number of imidazole rings is 2. The van der Waals surface area contributed by atoms with E-state index in [-0.39, 0.29) is 5.41 Å². The Kier molecular flexibility index (Phi) is 7.61. The fourth-order valence-corrected chi connectivity index (χ4v) is 10.9. The molecular weight excluding hydrogens is 809 g/mol. The lowest BCUT2D eigenvalue weighted by atomic mass is 9.73. The van der Waals surface area contributed by atoms with Gasteiger partial charge in [0.25, 0.3) is 0 Å². The van der Waals surface area contributed by atoms with Gasteiger partial charge in [0.15, 0.2) is 0 Å². The Hall–Kier alpha value is -8.68. The van der Waals surface area contributed by atoms with E-state index in [0.29, 0.717) is 0 Å². The Bertz CT molecular complexity index is 3860. The Morgan fingerprint density at radius 2 is 0.939 bits per heavy atom. The quantitative estimate of drug-likeness (QED) is 0.187. The minimum Gasteiger partial charge on any atom is -0.456 e. The van der Waals surface area contributed by atoms with Crippen LogP contribution in [0.1, 0.15) is 25.0 Å². The number of hydrogen-bond donors (Lipinski definition) is 1. The molecule has 0 saturated carbocycles. The number of nitrogens with one attached hydrogen (secondary N) is 1. The average molecular weight is 849 g/mol. The van der Waals surface area contributed by atoms with Gasteiger partial charge in [-0.05, 0) is 102 Å². The maximum Gasteiger partial charge on any atom is 0.145 e. The summed E-state index contributed by atoms with van der Waals surface area (Å²) in [6, 6.07) is 71.2. The molecule has 0 amide bonds. The molecule has 7 nitrogen and oxygen atoms in total. The highest BCUT2D eigenvalue weighted by Crippen LogP contribution is 2.53. The first-order chi connectivity index (χ1) is 32.5. The van der Waals surface area contributed by atoms with Crippen LogP contribution >= 0.6 is 0 Å². The number of aromatic amines is 1. The van der Waals surface area contributed by atoms with Crippen LogP contribution < -0.4 is 4.90 Å².